The van der Waals surface area contributed by atoms with Crippen LogP contribution >= 0.6 is 0 Å². The van der Waals surface area contributed by atoms with Crippen molar-refractivity contribution in [2.75, 3.05) is 0 Å². The van der Waals surface area contributed by atoms with Crippen molar-refractivity contribution in [1.82, 2.24) is 0 Å². The number of rotatable bonds is 1. The summed E-state index contributed by atoms with van der Waals surface area (Å²) < 4.78 is 6.15. The molecule has 0 aromatic carbocycles. The standard InChI is InChI=1S/C14H28O/c1-12(2,3)15-11-8-13(4,5)10-14(6,7)9-11/h11H,8-10H2,1-7H3. The Hall–Kier alpha value is -0.0400. The summed E-state index contributed by atoms with van der Waals surface area (Å²) in [7, 11) is 0. The SMILES string of the molecule is CC1(C)CC(OC(C)(C)C)CC(C)(C)C1. The molecule has 1 saturated carbocycles. The maximum absolute atomic E-state index is 6.15. The second-order valence-electron chi connectivity index (χ2n) is 7.77. The number of ether oxygens (including phenoxy) is 1. The fourth-order valence-electron chi connectivity index (χ4n) is 3.33. The van der Waals surface area contributed by atoms with Crippen molar-refractivity contribution in [3.05, 3.63) is 0 Å². The van der Waals surface area contributed by atoms with E-state index < -0.39 is 0 Å². The van der Waals surface area contributed by atoms with Crippen LogP contribution in [0.5, 0.6) is 0 Å². The fraction of sp³-hybridized carbons (Fsp3) is 1.00. The topological polar surface area (TPSA) is 9.23 Å². The van der Waals surface area contributed by atoms with Crippen LogP contribution in [0.2, 0.25) is 0 Å². The summed E-state index contributed by atoms with van der Waals surface area (Å²) >= 11 is 0. The van der Waals surface area contributed by atoms with Crippen molar-refractivity contribution >= 4 is 0 Å². The first-order valence-electron chi connectivity index (χ1n) is 6.17. The van der Waals surface area contributed by atoms with Gasteiger partial charge in [0, 0.05) is 0 Å². The van der Waals surface area contributed by atoms with Crippen molar-refractivity contribution < 1.29 is 4.74 Å². The van der Waals surface area contributed by atoms with E-state index in [4.69, 9.17) is 4.74 Å². The Bertz CT molecular complexity index is 201. The Morgan fingerprint density at radius 2 is 1.33 bits per heavy atom. The minimum absolute atomic E-state index is 0.00579. The van der Waals surface area contributed by atoms with Gasteiger partial charge in [0.05, 0.1) is 11.7 Å². The number of hydrogen-bond acceptors (Lipinski definition) is 1. The van der Waals surface area contributed by atoms with E-state index in [0.717, 1.165) is 0 Å². The van der Waals surface area contributed by atoms with Crippen molar-refractivity contribution in [2.24, 2.45) is 10.8 Å². The fourth-order valence-corrected chi connectivity index (χ4v) is 3.33. The lowest BCUT2D eigenvalue weighted by Crippen LogP contribution is -2.41. The third-order valence-corrected chi connectivity index (χ3v) is 3.04. The minimum atomic E-state index is -0.00579. The Labute approximate surface area is 95.6 Å². The maximum atomic E-state index is 6.15. The van der Waals surface area contributed by atoms with E-state index in [1.807, 2.05) is 0 Å². The van der Waals surface area contributed by atoms with E-state index in [1.165, 1.54) is 19.3 Å². The van der Waals surface area contributed by atoms with Gasteiger partial charge in [-0.3, -0.25) is 0 Å². The van der Waals surface area contributed by atoms with E-state index in [2.05, 4.69) is 48.5 Å². The van der Waals surface area contributed by atoms with E-state index in [9.17, 15) is 0 Å². The van der Waals surface area contributed by atoms with E-state index in [-0.39, 0.29) is 5.60 Å². The molecule has 0 saturated heterocycles. The van der Waals surface area contributed by atoms with Crippen LogP contribution in [-0.2, 0) is 4.74 Å². The summed E-state index contributed by atoms with van der Waals surface area (Å²) in [6, 6.07) is 0. The molecule has 1 fully saturated rings. The van der Waals surface area contributed by atoms with Crippen molar-refractivity contribution in [3.63, 3.8) is 0 Å². The van der Waals surface area contributed by atoms with Crippen molar-refractivity contribution in [3.8, 4) is 0 Å². The zero-order valence-electron chi connectivity index (χ0n) is 11.6. The molecular formula is C14H28O. The lowest BCUT2D eigenvalue weighted by Gasteiger charge is -2.46. The molecule has 1 heteroatoms. The molecule has 0 aromatic rings. The molecule has 0 unspecified atom stereocenters. The Morgan fingerprint density at radius 3 is 1.67 bits per heavy atom. The van der Waals surface area contributed by atoms with Gasteiger partial charge in [-0.2, -0.15) is 0 Å². The van der Waals surface area contributed by atoms with Crippen LogP contribution in [0.15, 0.2) is 0 Å². The lowest BCUT2D eigenvalue weighted by molar-refractivity contribution is -0.115. The smallest absolute Gasteiger partial charge is 0.0602 e. The summed E-state index contributed by atoms with van der Waals surface area (Å²) in [5, 5.41) is 0. The van der Waals surface area contributed by atoms with Crippen molar-refractivity contribution in [2.45, 2.75) is 79.4 Å². The number of hydrogen-bond donors (Lipinski definition) is 0. The van der Waals surface area contributed by atoms with E-state index in [1.54, 1.807) is 0 Å². The Morgan fingerprint density at radius 1 is 0.933 bits per heavy atom. The highest BCUT2D eigenvalue weighted by Gasteiger charge is 2.39. The van der Waals surface area contributed by atoms with Crippen LogP contribution < -0.4 is 0 Å². The molecule has 0 amide bonds. The van der Waals surface area contributed by atoms with Crippen LogP contribution in [0.4, 0.5) is 0 Å². The molecule has 1 rings (SSSR count). The molecule has 90 valence electrons. The highest BCUT2D eigenvalue weighted by atomic mass is 16.5. The van der Waals surface area contributed by atoms with Gasteiger partial charge < -0.3 is 4.74 Å². The summed E-state index contributed by atoms with van der Waals surface area (Å²) in [6.07, 6.45) is 4.15. The monoisotopic (exact) mass is 212 g/mol. The van der Waals surface area contributed by atoms with Gasteiger partial charge in [-0.05, 0) is 50.9 Å². The highest BCUT2D eigenvalue weighted by Crippen LogP contribution is 2.47. The average Bonchev–Trinajstić information content (AvgIpc) is 1.70. The maximum Gasteiger partial charge on any atom is 0.0602 e. The average molecular weight is 212 g/mol. The molecule has 15 heavy (non-hydrogen) atoms. The van der Waals surface area contributed by atoms with Gasteiger partial charge in [-0.1, -0.05) is 27.7 Å². The Kier molecular flexibility index (Phi) is 3.27. The second-order valence-corrected chi connectivity index (χ2v) is 7.77. The third-order valence-electron chi connectivity index (χ3n) is 3.04. The normalized spacial score (nSPS) is 26.6. The predicted octanol–water partition coefficient (Wildman–Crippen LogP) is 4.41. The zero-order valence-corrected chi connectivity index (χ0v) is 11.6. The Balaban J connectivity index is 2.68. The lowest BCUT2D eigenvalue weighted by atomic mass is 9.64. The molecule has 0 bridgehead atoms. The molecule has 0 aliphatic heterocycles. The van der Waals surface area contributed by atoms with E-state index in [0.29, 0.717) is 16.9 Å². The first kappa shape index (κ1) is 13.0. The van der Waals surface area contributed by atoms with Crippen LogP contribution in [0.25, 0.3) is 0 Å². The highest BCUT2D eigenvalue weighted by molar-refractivity contribution is 4.90. The van der Waals surface area contributed by atoms with Gasteiger partial charge in [0.25, 0.3) is 0 Å². The summed E-state index contributed by atoms with van der Waals surface area (Å²) in [6.45, 7) is 15.9. The molecule has 0 spiro atoms. The van der Waals surface area contributed by atoms with Crippen LogP contribution in [0.3, 0.4) is 0 Å². The summed E-state index contributed by atoms with van der Waals surface area (Å²) in [5.41, 5.74) is 0.851. The van der Waals surface area contributed by atoms with Gasteiger partial charge >= 0.3 is 0 Å². The quantitative estimate of drug-likeness (QED) is 0.625. The second kappa shape index (κ2) is 3.76. The first-order valence-corrected chi connectivity index (χ1v) is 6.17. The van der Waals surface area contributed by atoms with Crippen molar-refractivity contribution in [1.29, 1.82) is 0 Å². The first-order chi connectivity index (χ1) is 6.49. The largest absolute Gasteiger partial charge is 0.373 e. The minimum Gasteiger partial charge on any atom is -0.373 e. The van der Waals surface area contributed by atoms with Crippen LogP contribution in [0.1, 0.15) is 67.7 Å². The predicted molar refractivity (Wildman–Crippen MR) is 66.0 cm³/mol. The third kappa shape index (κ3) is 4.55. The van der Waals surface area contributed by atoms with Crippen LogP contribution in [-0.4, -0.2) is 11.7 Å². The van der Waals surface area contributed by atoms with Gasteiger partial charge in [-0.15, -0.1) is 0 Å². The molecule has 1 aliphatic rings. The molecule has 1 aliphatic carbocycles. The molecule has 0 atom stereocenters. The molecule has 0 heterocycles. The van der Waals surface area contributed by atoms with Gasteiger partial charge in [0.1, 0.15) is 0 Å². The zero-order chi connectivity index (χ0) is 11.9. The van der Waals surface area contributed by atoms with Crippen LogP contribution in [0, 0.1) is 10.8 Å². The van der Waals surface area contributed by atoms with Gasteiger partial charge in [-0.25, -0.2) is 0 Å². The molecule has 0 aromatic heterocycles. The molecule has 0 N–H and O–H groups in total. The summed E-state index contributed by atoms with van der Waals surface area (Å²) in [4.78, 5) is 0. The molecule has 0 radical (unpaired) electrons. The molecular weight excluding hydrogens is 184 g/mol. The molecule has 1 nitrogen and oxygen atoms in total. The van der Waals surface area contributed by atoms with Gasteiger partial charge in [0.2, 0.25) is 0 Å². The summed E-state index contributed by atoms with van der Waals surface area (Å²) in [5.74, 6) is 0. The van der Waals surface area contributed by atoms with Gasteiger partial charge in [0.15, 0.2) is 0 Å². The van der Waals surface area contributed by atoms with E-state index >= 15 is 0 Å².